The summed E-state index contributed by atoms with van der Waals surface area (Å²) in [5.74, 6) is 0.301. The maximum absolute atomic E-state index is 13.2. The molecule has 1 saturated carbocycles. The van der Waals surface area contributed by atoms with Gasteiger partial charge >= 0.3 is 0 Å². The zero-order chi connectivity index (χ0) is 28.8. The van der Waals surface area contributed by atoms with Gasteiger partial charge in [0, 0.05) is 29.1 Å². The first-order chi connectivity index (χ1) is 19.7. The number of aliphatic hydroxyl groups is 2. The third-order valence-corrected chi connectivity index (χ3v) is 11.5. The molecule has 220 valence electrons. The van der Waals surface area contributed by atoms with E-state index in [0.29, 0.717) is 31.9 Å². The number of hydrogen-bond donors (Lipinski definition) is 3. The highest BCUT2D eigenvalue weighted by Crippen LogP contribution is 2.46. The number of amides is 1. The SMILES string of the molecule is O=C1NS(=O)(=O)[C@@H](CO)C/C=C/C[C@H](O)[C@@H]2CC[C@H]2CN2C[C@@]3(CCCc4cc(Cl)ccc43)COc3ccc1cc32. The Bertz CT molecular complexity index is 1460. The molecular formula is C31H37ClN2O6S. The largest absolute Gasteiger partial charge is 0.490 e. The number of nitrogens with one attached hydrogen (secondary N) is 1. The average Bonchev–Trinajstić information content (AvgIpc) is 3.07. The number of benzene rings is 2. The maximum atomic E-state index is 13.2. The van der Waals surface area contributed by atoms with Gasteiger partial charge in [0.05, 0.1) is 25.0 Å². The van der Waals surface area contributed by atoms with Crippen LogP contribution in [0.5, 0.6) is 5.75 Å². The van der Waals surface area contributed by atoms with Crippen molar-refractivity contribution in [3.8, 4) is 5.75 Å². The van der Waals surface area contributed by atoms with Gasteiger partial charge in [-0.2, -0.15) is 0 Å². The van der Waals surface area contributed by atoms with Gasteiger partial charge in [-0.3, -0.25) is 4.79 Å². The summed E-state index contributed by atoms with van der Waals surface area (Å²) in [6.45, 7) is 1.22. The number of aliphatic hydroxyl groups excluding tert-OH is 2. The van der Waals surface area contributed by atoms with Crippen LogP contribution >= 0.6 is 11.6 Å². The lowest BCUT2D eigenvalue weighted by Gasteiger charge is -2.45. The summed E-state index contributed by atoms with van der Waals surface area (Å²) in [5, 5.41) is 20.4. The van der Waals surface area contributed by atoms with E-state index < -0.39 is 33.9 Å². The summed E-state index contributed by atoms with van der Waals surface area (Å²) in [7, 11) is -4.14. The number of allylic oxidation sites excluding steroid dienone is 1. The number of carbonyl (C=O) groups is 1. The molecule has 1 spiro atoms. The van der Waals surface area contributed by atoms with Crippen molar-refractivity contribution < 1.29 is 28.2 Å². The minimum absolute atomic E-state index is 0.0422. The van der Waals surface area contributed by atoms with Crippen LogP contribution in [0.2, 0.25) is 5.02 Å². The number of fused-ring (bicyclic) bond motifs is 4. The van der Waals surface area contributed by atoms with E-state index in [4.69, 9.17) is 16.3 Å². The topological polar surface area (TPSA) is 116 Å². The van der Waals surface area contributed by atoms with Crippen molar-refractivity contribution in [3.63, 3.8) is 0 Å². The number of hydrogen-bond acceptors (Lipinski definition) is 7. The summed E-state index contributed by atoms with van der Waals surface area (Å²) >= 11 is 6.37. The molecule has 2 aliphatic heterocycles. The van der Waals surface area contributed by atoms with Gasteiger partial charge in [-0.05, 0) is 98.2 Å². The molecule has 8 nitrogen and oxygen atoms in total. The van der Waals surface area contributed by atoms with Crippen LogP contribution in [0.25, 0.3) is 0 Å². The van der Waals surface area contributed by atoms with Crippen molar-refractivity contribution >= 4 is 33.2 Å². The fourth-order valence-electron chi connectivity index (χ4n) is 7.10. The zero-order valence-corrected chi connectivity index (χ0v) is 24.5. The highest BCUT2D eigenvalue weighted by atomic mass is 35.5. The fraction of sp³-hybridized carbons (Fsp3) is 0.516. The number of ether oxygens (including phenoxy) is 1. The van der Waals surface area contributed by atoms with Crippen molar-refractivity contribution in [2.45, 2.75) is 61.7 Å². The quantitative estimate of drug-likeness (QED) is 0.424. The summed E-state index contributed by atoms with van der Waals surface area (Å²) in [4.78, 5) is 15.5. The first kappa shape index (κ1) is 28.5. The van der Waals surface area contributed by atoms with Crippen LogP contribution in [0.1, 0.15) is 60.0 Å². The highest BCUT2D eigenvalue weighted by Gasteiger charge is 2.44. The normalized spacial score (nSPS) is 32.0. The van der Waals surface area contributed by atoms with E-state index in [-0.39, 0.29) is 29.2 Å². The van der Waals surface area contributed by atoms with Gasteiger partial charge in [0.1, 0.15) is 11.0 Å². The molecule has 2 aromatic carbocycles. The van der Waals surface area contributed by atoms with Gasteiger partial charge in [-0.15, -0.1) is 0 Å². The van der Waals surface area contributed by atoms with Crippen molar-refractivity contribution in [2.24, 2.45) is 11.8 Å². The van der Waals surface area contributed by atoms with Crippen LogP contribution in [0.4, 0.5) is 5.69 Å². The second-order valence-corrected chi connectivity index (χ2v) is 14.5. The predicted octanol–water partition coefficient (Wildman–Crippen LogP) is 3.97. The molecule has 2 aliphatic carbocycles. The molecule has 4 aliphatic rings. The van der Waals surface area contributed by atoms with Crippen LogP contribution in [0, 0.1) is 11.8 Å². The second-order valence-electron chi connectivity index (χ2n) is 12.1. The van der Waals surface area contributed by atoms with E-state index in [2.05, 4.69) is 21.8 Å². The summed E-state index contributed by atoms with van der Waals surface area (Å²) in [6, 6.07) is 11.2. The first-order valence-corrected chi connectivity index (χ1v) is 16.4. The van der Waals surface area contributed by atoms with Gasteiger partial charge < -0.3 is 19.8 Å². The molecule has 2 bridgehead atoms. The molecule has 2 aromatic rings. The molecule has 2 heterocycles. The van der Waals surface area contributed by atoms with Crippen LogP contribution in [0.15, 0.2) is 48.6 Å². The third-order valence-electron chi connectivity index (χ3n) is 9.55. The summed E-state index contributed by atoms with van der Waals surface area (Å²) < 4.78 is 34.6. The van der Waals surface area contributed by atoms with Crippen molar-refractivity contribution in [1.82, 2.24) is 4.72 Å². The minimum Gasteiger partial charge on any atom is -0.490 e. The molecule has 0 radical (unpaired) electrons. The van der Waals surface area contributed by atoms with Crippen LogP contribution < -0.4 is 14.4 Å². The Balaban J connectivity index is 1.42. The van der Waals surface area contributed by atoms with E-state index in [1.807, 2.05) is 6.07 Å². The standard InChI is InChI=1S/C31H37ClN2O6S/c32-23-9-11-26-20(14-23)4-3-13-31(26)18-34-16-22-7-10-25(22)28(36)6-2-1-5-24(17-35)41(38,39)33-30(37)21-8-12-29(40-19-31)27(34)15-21/h1-2,8-9,11-12,14-15,22,24-25,28,35-36H,3-7,10,13,16-19H2,(H,33,37)/b2-1+/t22-,24+,25+,28-,31-/m0/s1. The maximum Gasteiger partial charge on any atom is 0.264 e. The Morgan fingerprint density at radius 2 is 1.95 bits per heavy atom. The Kier molecular flexibility index (Phi) is 7.82. The second kappa shape index (κ2) is 11.2. The molecule has 1 amide bonds. The molecule has 3 N–H and O–H groups in total. The van der Waals surface area contributed by atoms with E-state index >= 15 is 0 Å². The number of sulfonamides is 1. The Labute approximate surface area is 246 Å². The molecule has 5 atom stereocenters. The van der Waals surface area contributed by atoms with Gasteiger partial charge in [0.25, 0.3) is 5.91 Å². The van der Waals surface area contributed by atoms with Gasteiger partial charge in [0.15, 0.2) is 0 Å². The van der Waals surface area contributed by atoms with Gasteiger partial charge in [-0.25, -0.2) is 13.1 Å². The Morgan fingerprint density at radius 1 is 1.12 bits per heavy atom. The first-order valence-electron chi connectivity index (χ1n) is 14.5. The highest BCUT2D eigenvalue weighted by molar-refractivity contribution is 7.90. The fourth-order valence-corrected chi connectivity index (χ4v) is 8.39. The zero-order valence-electron chi connectivity index (χ0n) is 23.0. The molecular weight excluding hydrogens is 564 g/mol. The van der Waals surface area contributed by atoms with Crippen LogP contribution in [-0.4, -0.2) is 62.2 Å². The lowest BCUT2D eigenvalue weighted by atomic mass is 9.68. The molecule has 6 rings (SSSR count). The van der Waals surface area contributed by atoms with Crippen molar-refractivity contribution in [3.05, 3.63) is 70.3 Å². The monoisotopic (exact) mass is 600 g/mol. The molecule has 0 saturated heterocycles. The van der Waals surface area contributed by atoms with Gasteiger partial charge in [-0.1, -0.05) is 29.8 Å². The van der Waals surface area contributed by atoms with Crippen LogP contribution in [-0.2, 0) is 21.9 Å². The number of aryl methyl sites for hydroxylation is 1. The number of anilines is 1. The Hall–Kier alpha value is -2.59. The van der Waals surface area contributed by atoms with Gasteiger partial charge in [0.2, 0.25) is 10.0 Å². The predicted molar refractivity (Wildman–Crippen MR) is 158 cm³/mol. The van der Waals surface area contributed by atoms with Crippen molar-refractivity contribution in [1.29, 1.82) is 0 Å². The number of nitrogens with zero attached hydrogens (tertiary/aromatic N) is 1. The van der Waals surface area contributed by atoms with Crippen LogP contribution in [0.3, 0.4) is 0 Å². The number of rotatable bonds is 1. The van der Waals surface area contributed by atoms with E-state index in [1.165, 1.54) is 11.1 Å². The van der Waals surface area contributed by atoms with E-state index in [9.17, 15) is 23.4 Å². The van der Waals surface area contributed by atoms with E-state index in [0.717, 1.165) is 42.8 Å². The Morgan fingerprint density at radius 3 is 2.73 bits per heavy atom. The average molecular weight is 601 g/mol. The summed E-state index contributed by atoms with van der Waals surface area (Å²) in [6.07, 6.45) is 8.21. The van der Waals surface area contributed by atoms with E-state index in [1.54, 1.807) is 30.4 Å². The number of carbonyl (C=O) groups excluding carboxylic acids is 1. The van der Waals surface area contributed by atoms with Crippen molar-refractivity contribution in [2.75, 3.05) is 31.2 Å². The summed E-state index contributed by atoms with van der Waals surface area (Å²) in [5.41, 5.74) is 3.15. The lowest BCUT2D eigenvalue weighted by Crippen LogP contribution is -2.49. The third kappa shape index (κ3) is 5.49. The molecule has 1 fully saturated rings. The molecule has 0 aromatic heterocycles. The number of halogens is 1. The lowest BCUT2D eigenvalue weighted by molar-refractivity contribution is 0.0177. The smallest absolute Gasteiger partial charge is 0.264 e. The molecule has 41 heavy (non-hydrogen) atoms. The molecule has 0 unspecified atom stereocenters. The molecule has 10 heteroatoms. The minimum atomic E-state index is -4.14.